The number of fused-ring (bicyclic) bond motifs is 10. The minimum absolute atomic E-state index is 0.907. The second-order valence-electron chi connectivity index (χ2n) is 11.6. The summed E-state index contributed by atoms with van der Waals surface area (Å²) in [5, 5.41) is 11.8. The Bertz CT molecular complexity index is 2720. The van der Waals surface area contributed by atoms with E-state index in [1.165, 1.54) is 43.6 Å². The van der Waals surface area contributed by atoms with E-state index in [4.69, 9.17) is 8.83 Å². The third kappa shape index (κ3) is 3.25. The van der Waals surface area contributed by atoms with Gasteiger partial charge in [0.1, 0.15) is 22.3 Å². The maximum Gasteiger partial charge on any atom is 0.143 e. The molecular formula is C42H24O2. The molecule has 0 N–H and O–H groups in total. The van der Waals surface area contributed by atoms with Crippen LogP contribution < -0.4 is 0 Å². The summed E-state index contributed by atoms with van der Waals surface area (Å²) < 4.78 is 12.8. The van der Waals surface area contributed by atoms with Gasteiger partial charge < -0.3 is 8.83 Å². The highest BCUT2D eigenvalue weighted by Crippen LogP contribution is 2.46. The summed E-state index contributed by atoms with van der Waals surface area (Å²) in [6, 6.07) is 52.0. The fourth-order valence-electron chi connectivity index (χ4n) is 7.29. The van der Waals surface area contributed by atoms with E-state index in [1.54, 1.807) is 0 Å². The first-order chi connectivity index (χ1) is 21.8. The topological polar surface area (TPSA) is 26.3 Å². The summed E-state index contributed by atoms with van der Waals surface area (Å²) in [7, 11) is 0. The van der Waals surface area contributed by atoms with Gasteiger partial charge in [-0.2, -0.15) is 0 Å². The van der Waals surface area contributed by atoms with Gasteiger partial charge in [0.05, 0.1) is 0 Å². The van der Waals surface area contributed by atoms with Crippen LogP contribution in [0.3, 0.4) is 0 Å². The quantitative estimate of drug-likeness (QED) is 0.197. The van der Waals surface area contributed by atoms with Gasteiger partial charge in [-0.25, -0.2) is 0 Å². The first-order valence-electron chi connectivity index (χ1n) is 15.0. The maximum atomic E-state index is 6.46. The Balaban J connectivity index is 1.26. The first kappa shape index (κ1) is 23.7. The molecule has 0 radical (unpaired) electrons. The average Bonchev–Trinajstić information content (AvgIpc) is 3.65. The smallest absolute Gasteiger partial charge is 0.143 e. The molecule has 0 fully saturated rings. The second-order valence-corrected chi connectivity index (χ2v) is 11.6. The normalized spacial score (nSPS) is 12.1. The van der Waals surface area contributed by atoms with Crippen molar-refractivity contribution in [2.45, 2.75) is 0 Å². The van der Waals surface area contributed by atoms with E-state index in [9.17, 15) is 0 Å². The molecule has 0 saturated carbocycles. The van der Waals surface area contributed by atoms with E-state index in [0.717, 1.165) is 54.8 Å². The lowest BCUT2D eigenvalue weighted by molar-refractivity contribution is 0.669. The van der Waals surface area contributed by atoms with Crippen molar-refractivity contribution in [1.82, 2.24) is 0 Å². The van der Waals surface area contributed by atoms with Crippen molar-refractivity contribution < 1.29 is 8.83 Å². The summed E-state index contributed by atoms with van der Waals surface area (Å²) in [6.45, 7) is 0. The van der Waals surface area contributed by atoms with Crippen LogP contribution in [0, 0.1) is 0 Å². The number of furan rings is 2. The van der Waals surface area contributed by atoms with Gasteiger partial charge in [-0.15, -0.1) is 0 Å². The van der Waals surface area contributed by atoms with Gasteiger partial charge in [0.15, 0.2) is 0 Å². The summed E-state index contributed by atoms with van der Waals surface area (Å²) in [5.74, 6) is 0. The zero-order valence-corrected chi connectivity index (χ0v) is 23.7. The van der Waals surface area contributed by atoms with Crippen LogP contribution in [-0.2, 0) is 0 Å². The van der Waals surface area contributed by atoms with Gasteiger partial charge in [-0.1, -0.05) is 109 Å². The molecule has 0 atom stereocenters. The highest BCUT2D eigenvalue weighted by atomic mass is 16.3. The number of para-hydroxylation sites is 1. The highest BCUT2D eigenvalue weighted by molar-refractivity contribution is 6.23. The van der Waals surface area contributed by atoms with Gasteiger partial charge in [-0.3, -0.25) is 0 Å². The Hall–Kier alpha value is -5.86. The van der Waals surface area contributed by atoms with E-state index in [1.807, 2.05) is 12.1 Å². The van der Waals surface area contributed by atoms with Crippen molar-refractivity contribution in [1.29, 1.82) is 0 Å². The molecule has 10 rings (SSSR count). The SMILES string of the molecule is c1ccc2c(c1)ccc1c3cc(-c4c5ccccc5c(-c5ccc6c(c5)oc5ccccc56)c5ccccc45)ccc3oc21. The molecule has 0 bridgehead atoms. The zero-order chi connectivity index (χ0) is 28.8. The predicted molar refractivity (Wildman–Crippen MR) is 184 cm³/mol. The molecule has 2 nitrogen and oxygen atoms in total. The molecule has 0 spiro atoms. The van der Waals surface area contributed by atoms with Crippen molar-refractivity contribution in [3.05, 3.63) is 146 Å². The Morgan fingerprint density at radius 2 is 0.818 bits per heavy atom. The van der Waals surface area contributed by atoms with E-state index < -0.39 is 0 Å². The summed E-state index contributed by atoms with van der Waals surface area (Å²) >= 11 is 0. The fraction of sp³-hybridized carbons (Fsp3) is 0. The Morgan fingerprint density at radius 3 is 1.55 bits per heavy atom. The van der Waals surface area contributed by atoms with Crippen molar-refractivity contribution in [3.8, 4) is 22.3 Å². The van der Waals surface area contributed by atoms with E-state index in [2.05, 4.69) is 133 Å². The van der Waals surface area contributed by atoms with Crippen LogP contribution in [0.15, 0.2) is 154 Å². The molecule has 0 amide bonds. The second kappa shape index (κ2) is 8.82. The minimum atomic E-state index is 0.907. The largest absolute Gasteiger partial charge is 0.456 e. The van der Waals surface area contributed by atoms with Gasteiger partial charge >= 0.3 is 0 Å². The lowest BCUT2D eigenvalue weighted by Crippen LogP contribution is -1.90. The van der Waals surface area contributed by atoms with Crippen LogP contribution in [0.25, 0.3) is 98.4 Å². The monoisotopic (exact) mass is 560 g/mol. The maximum absolute atomic E-state index is 6.46. The summed E-state index contributed by atoms with van der Waals surface area (Å²) in [5.41, 5.74) is 8.47. The standard InChI is InChI=1S/C42H24O2/c1-2-10-28-25(9-1)17-21-35-36-23-26(19-22-38(36)44-42(28)35)40-31-12-3-5-14-33(31)41(34-15-6-4-13-32(34)40)27-18-20-30-29-11-7-8-16-37(29)43-39(30)24-27/h1-24H. The minimum Gasteiger partial charge on any atom is -0.456 e. The molecule has 10 aromatic rings. The number of hydrogen-bond acceptors (Lipinski definition) is 2. The summed E-state index contributed by atoms with van der Waals surface area (Å²) in [6.07, 6.45) is 0. The van der Waals surface area contributed by atoms with Gasteiger partial charge in [0.2, 0.25) is 0 Å². The van der Waals surface area contributed by atoms with Crippen molar-refractivity contribution in [2.75, 3.05) is 0 Å². The number of hydrogen-bond donors (Lipinski definition) is 0. The van der Waals surface area contributed by atoms with E-state index in [0.29, 0.717) is 0 Å². The molecule has 204 valence electrons. The third-order valence-electron chi connectivity index (χ3n) is 9.25. The van der Waals surface area contributed by atoms with Crippen LogP contribution >= 0.6 is 0 Å². The predicted octanol–water partition coefficient (Wildman–Crippen LogP) is 12.3. The van der Waals surface area contributed by atoms with Crippen molar-refractivity contribution in [2.24, 2.45) is 0 Å². The van der Waals surface area contributed by atoms with E-state index in [-0.39, 0.29) is 0 Å². The lowest BCUT2D eigenvalue weighted by atomic mass is 9.85. The molecule has 0 aliphatic rings. The van der Waals surface area contributed by atoms with E-state index >= 15 is 0 Å². The van der Waals surface area contributed by atoms with Gasteiger partial charge in [0.25, 0.3) is 0 Å². The zero-order valence-electron chi connectivity index (χ0n) is 23.7. The number of rotatable bonds is 2. The molecule has 0 saturated heterocycles. The van der Waals surface area contributed by atoms with Gasteiger partial charge in [-0.05, 0) is 85.6 Å². The molecule has 0 aliphatic heterocycles. The molecule has 2 aromatic heterocycles. The molecule has 44 heavy (non-hydrogen) atoms. The number of benzene rings is 8. The molecule has 8 aromatic carbocycles. The molecule has 0 unspecified atom stereocenters. The first-order valence-corrected chi connectivity index (χ1v) is 15.0. The summed E-state index contributed by atoms with van der Waals surface area (Å²) in [4.78, 5) is 0. The molecule has 0 aliphatic carbocycles. The van der Waals surface area contributed by atoms with Crippen LogP contribution in [0.5, 0.6) is 0 Å². The average molecular weight is 561 g/mol. The van der Waals surface area contributed by atoms with Gasteiger partial charge in [0, 0.05) is 26.9 Å². The van der Waals surface area contributed by atoms with Crippen LogP contribution in [0.4, 0.5) is 0 Å². The Kier molecular flexibility index (Phi) is 4.75. The highest BCUT2D eigenvalue weighted by Gasteiger charge is 2.19. The Morgan fingerprint density at radius 1 is 0.295 bits per heavy atom. The van der Waals surface area contributed by atoms with Crippen LogP contribution in [0.1, 0.15) is 0 Å². The molecule has 2 heterocycles. The Labute approximate surface area is 252 Å². The van der Waals surface area contributed by atoms with Crippen molar-refractivity contribution in [3.63, 3.8) is 0 Å². The van der Waals surface area contributed by atoms with Crippen molar-refractivity contribution >= 4 is 76.2 Å². The van der Waals surface area contributed by atoms with Crippen LogP contribution in [0.2, 0.25) is 0 Å². The third-order valence-corrected chi connectivity index (χ3v) is 9.25. The fourth-order valence-corrected chi connectivity index (χ4v) is 7.29. The molecule has 2 heteroatoms. The molecular weight excluding hydrogens is 536 g/mol. The lowest BCUT2D eigenvalue weighted by Gasteiger charge is -2.17. The van der Waals surface area contributed by atoms with Crippen LogP contribution in [-0.4, -0.2) is 0 Å².